The van der Waals surface area contributed by atoms with Gasteiger partial charge in [-0.15, -0.1) is 0 Å². The lowest BCUT2D eigenvalue weighted by Crippen LogP contribution is -2.32. The van der Waals surface area contributed by atoms with Gasteiger partial charge in [0.1, 0.15) is 6.04 Å². The number of hydrogen-bond donors (Lipinski definition) is 2. The van der Waals surface area contributed by atoms with Crippen LogP contribution in [0.1, 0.15) is 13.3 Å². The summed E-state index contributed by atoms with van der Waals surface area (Å²) in [7, 11) is 0. The van der Waals surface area contributed by atoms with E-state index >= 15 is 0 Å². The van der Waals surface area contributed by atoms with E-state index in [1.54, 1.807) is 6.92 Å². The molecule has 6 nitrogen and oxygen atoms in total. The van der Waals surface area contributed by atoms with Crippen LogP contribution in [0.4, 0.5) is 0 Å². The highest BCUT2D eigenvalue weighted by Gasteiger charge is 2.14. The summed E-state index contributed by atoms with van der Waals surface area (Å²) in [4.78, 5) is 28.7. The van der Waals surface area contributed by atoms with Gasteiger partial charge in [0.25, 0.3) is 5.56 Å². The average Bonchev–Trinajstić information content (AvgIpc) is 2.29. The molecule has 1 atom stereocenters. The molecule has 0 saturated carbocycles. The molecule has 3 N–H and O–H groups in total. The molecule has 0 aromatic carbocycles. The van der Waals surface area contributed by atoms with Crippen molar-refractivity contribution in [2.75, 3.05) is 12.4 Å². The predicted molar refractivity (Wildman–Crippen MR) is 64.8 cm³/mol. The first-order valence-corrected chi connectivity index (χ1v) is 6.22. The normalized spacial score (nSPS) is 12.1. The average molecular weight is 257 g/mol. The standard InChI is InChI=1S/C10H15N3O3S/c1-2-16-9(15)7(11)4-6-17-10-12-5-3-8(14)13-10/h3,5,7H,2,4,6,11H2,1H3,(H,12,13,14). The fraction of sp³-hybridized carbons (Fsp3) is 0.500. The molecule has 0 aliphatic carbocycles. The van der Waals surface area contributed by atoms with Crippen LogP contribution in [0, 0.1) is 0 Å². The second-order valence-corrected chi connectivity index (χ2v) is 4.32. The summed E-state index contributed by atoms with van der Waals surface area (Å²) < 4.78 is 4.78. The minimum absolute atomic E-state index is 0.197. The van der Waals surface area contributed by atoms with Crippen molar-refractivity contribution >= 4 is 17.7 Å². The first-order valence-electron chi connectivity index (χ1n) is 5.24. The zero-order valence-electron chi connectivity index (χ0n) is 9.51. The van der Waals surface area contributed by atoms with Gasteiger partial charge < -0.3 is 15.5 Å². The Morgan fingerprint density at radius 2 is 2.47 bits per heavy atom. The molecule has 1 heterocycles. The van der Waals surface area contributed by atoms with E-state index in [1.165, 1.54) is 24.0 Å². The third-order valence-corrected chi connectivity index (χ3v) is 2.83. The minimum Gasteiger partial charge on any atom is -0.465 e. The molecule has 0 saturated heterocycles. The van der Waals surface area contributed by atoms with E-state index in [-0.39, 0.29) is 5.56 Å². The van der Waals surface area contributed by atoms with Crippen molar-refractivity contribution < 1.29 is 9.53 Å². The maximum absolute atomic E-state index is 11.2. The topological polar surface area (TPSA) is 98.1 Å². The number of aromatic amines is 1. The predicted octanol–water partition coefficient (Wildman–Crippen LogP) is 0.142. The van der Waals surface area contributed by atoms with Gasteiger partial charge in [-0.3, -0.25) is 9.59 Å². The van der Waals surface area contributed by atoms with Crippen LogP contribution in [0.15, 0.2) is 22.2 Å². The minimum atomic E-state index is -0.627. The van der Waals surface area contributed by atoms with Crippen molar-refractivity contribution in [2.24, 2.45) is 5.73 Å². The Labute approximate surface area is 103 Å². The van der Waals surface area contributed by atoms with Crippen LogP contribution in [-0.2, 0) is 9.53 Å². The van der Waals surface area contributed by atoms with Crippen molar-refractivity contribution in [3.05, 3.63) is 22.6 Å². The Balaban J connectivity index is 2.33. The molecule has 1 aromatic heterocycles. The lowest BCUT2D eigenvalue weighted by Gasteiger charge is -2.09. The number of esters is 1. The van der Waals surface area contributed by atoms with Gasteiger partial charge in [0, 0.05) is 18.0 Å². The summed E-state index contributed by atoms with van der Waals surface area (Å²) >= 11 is 1.34. The molecular formula is C10H15N3O3S. The highest BCUT2D eigenvalue weighted by atomic mass is 32.2. The number of hydrogen-bond acceptors (Lipinski definition) is 6. The largest absolute Gasteiger partial charge is 0.465 e. The van der Waals surface area contributed by atoms with Crippen LogP contribution in [0.2, 0.25) is 0 Å². The van der Waals surface area contributed by atoms with Gasteiger partial charge in [-0.1, -0.05) is 11.8 Å². The second kappa shape index (κ2) is 7.08. The molecular weight excluding hydrogens is 242 g/mol. The first kappa shape index (κ1) is 13.7. The van der Waals surface area contributed by atoms with Crippen molar-refractivity contribution in [2.45, 2.75) is 24.5 Å². The molecule has 0 radical (unpaired) electrons. The molecule has 1 aromatic rings. The Kier molecular flexibility index (Phi) is 5.71. The van der Waals surface area contributed by atoms with Crippen LogP contribution in [0.5, 0.6) is 0 Å². The van der Waals surface area contributed by atoms with Crippen LogP contribution >= 0.6 is 11.8 Å². The lowest BCUT2D eigenvalue weighted by atomic mass is 10.2. The highest BCUT2D eigenvalue weighted by molar-refractivity contribution is 7.99. The number of aromatic nitrogens is 2. The van der Waals surface area contributed by atoms with E-state index in [0.29, 0.717) is 23.9 Å². The smallest absolute Gasteiger partial charge is 0.322 e. The Hall–Kier alpha value is -1.34. The van der Waals surface area contributed by atoms with Gasteiger partial charge in [-0.25, -0.2) is 4.98 Å². The highest BCUT2D eigenvalue weighted by Crippen LogP contribution is 2.12. The van der Waals surface area contributed by atoms with Crippen LogP contribution in [0.25, 0.3) is 0 Å². The fourth-order valence-corrected chi connectivity index (χ4v) is 1.95. The van der Waals surface area contributed by atoms with Crippen molar-refractivity contribution in [1.29, 1.82) is 0 Å². The number of rotatable bonds is 6. The number of carbonyl (C=O) groups is 1. The van der Waals surface area contributed by atoms with Crippen molar-refractivity contribution in [1.82, 2.24) is 9.97 Å². The van der Waals surface area contributed by atoms with Gasteiger partial charge in [0.15, 0.2) is 5.16 Å². The van der Waals surface area contributed by atoms with Gasteiger partial charge >= 0.3 is 5.97 Å². The summed E-state index contributed by atoms with van der Waals surface area (Å²) in [5, 5.41) is 0.522. The number of ether oxygens (including phenoxy) is 1. The molecule has 0 aliphatic heterocycles. The lowest BCUT2D eigenvalue weighted by molar-refractivity contribution is -0.144. The zero-order valence-corrected chi connectivity index (χ0v) is 10.3. The molecule has 7 heteroatoms. The summed E-state index contributed by atoms with van der Waals surface area (Å²) in [6.45, 7) is 2.06. The van der Waals surface area contributed by atoms with E-state index in [4.69, 9.17) is 10.5 Å². The molecule has 1 rings (SSSR count). The molecule has 17 heavy (non-hydrogen) atoms. The number of nitrogens with one attached hydrogen (secondary N) is 1. The summed E-state index contributed by atoms with van der Waals surface area (Å²) in [5.41, 5.74) is 5.42. The number of nitrogens with zero attached hydrogens (tertiary/aromatic N) is 1. The van der Waals surface area contributed by atoms with Gasteiger partial charge in [-0.05, 0) is 13.3 Å². The van der Waals surface area contributed by atoms with E-state index in [9.17, 15) is 9.59 Å². The van der Waals surface area contributed by atoms with E-state index in [2.05, 4.69) is 9.97 Å². The Bertz CT molecular complexity index is 421. The van der Waals surface area contributed by atoms with Gasteiger partial charge in [-0.2, -0.15) is 0 Å². The molecule has 0 aliphatic rings. The van der Waals surface area contributed by atoms with Crippen LogP contribution in [0.3, 0.4) is 0 Å². The number of carbonyl (C=O) groups excluding carboxylic acids is 1. The molecule has 94 valence electrons. The summed E-state index contributed by atoms with van der Waals surface area (Å²) in [6, 6.07) is 0.715. The molecule has 1 unspecified atom stereocenters. The SMILES string of the molecule is CCOC(=O)C(N)CCSc1nccc(=O)[nH]1. The summed E-state index contributed by atoms with van der Waals surface area (Å²) in [6.07, 6.45) is 1.91. The van der Waals surface area contributed by atoms with E-state index in [0.717, 1.165) is 0 Å². The third-order valence-electron chi connectivity index (χ3n) is 1.90. The van der Waals surface area contributed by atoms with Crippen molar-refractivity contribution in [3.63, 3.8) is 0 Å². The monoisotopic (exact) mass is 257 g/mol. The van der Waals surface area contributed by atoms with Crippen LogP contribution < -0.4 is 11.3 Å². The Morgan fingerprint density at radius 3 is 3.12 bits per heavy atom. The van der Waals surface area contributed by atoms with Crippen molar-refractivity contribution in [3.8, 4) is 0 Å². The van der Waals surface area contributed by atoms with Crippen LogP contribution in [-0.4, -0.2) is 34.3 Å². The third kappa shape index (κ3) is 5.01. The van der Waals surface area contributed by atoms with E-state index in [1.807, 2.05) is 0 Å². The maximum atomic E-state index is 11.2. The number of nitrogens with two attached hydrogens (primary N) is 1. The maximum Gasteiger partial charge on any atom is 0.322 e. The second-order valence-electron chi connectivity index (χ2n) is 3.23. The van der Waals surface area contributed by atoms with Gasteiger partial charge in [0.2, 0.25) is 0 Å². The molecule has 0 amide bonds. The number of thioether (sulfide) groups is 1. The number of H-pyrrole nitrogens is 1. The fourth-order valence-electron chi connectivity index (χ4n) is 1.08. The van der Waals surface area contributed by atoms with Gasteiger partial charge in [0.05, 0.1) is 6.61 Å². The Morgan fingerprint density at radius 1 is 1.71 bits per heavy atom. The zero-order chi connectivity index (χ0) is 12.7. The summed E-state index contributed by atoms with van der Waals surface area (Å²) in [5.74, 6) is 0.190. The quantitative estimate of drug-likeness (QED) is 0.427. The van der Waals surface area contributed by atoms with E-state index < -0.39 is 12.0 Å². The molecule has 0 spiro atoms. The molecule has 0 bridgehead atoms. The first-order chi connectivity index (χ1) is 8.13. The molecule has 0 fully saturated rings.